The van der Waals surface area contributed by atoms with Crippen molar-refractivity contribution in [2.24, 2.45) is 0 Å². The van der Waals surface area contributed by atoms with Gasteiger partial charge in [-0.1, -0.05) is 29.8 Å². The van der Waals surface area contributed by atoms with E-state index in [4.69, 9.17) is 19.2 Å². The highest BCUT2D eigenvalue weighted by molar-refractivity contribution is 5.92. The minimum atomic E-state index is 0.117. The molecule has 1 amide bonds. The van der Waals surface area contributed by atoms with E-state index in [1.54, 1.807) is 21.3 Å². The van der Waals surface area contributed by atoms with E-state index in [2.05, 4.69) is 36.1 Å². The summed E-state index contributed by atoms with van der Waals surface area (Å²) >= 11 is 0. The molecule has 8 heteroatoms. The minimum absolute atomic E-state index is 0.117. The molecule has 2 aromatic carbocycles. The van der Waals surface area contributed by atoms with Crippen molar-refractivity contribution >= 4 is 22.6 Å². The fourth-order valence-electron chi connectivity index (χ4n) is 4.31. The molecule has 0 atom stereocenters. The zero-order chi connectivity index (χ0) is 27.1. The van der Waals surface area contributed by atoms with E-state index >= 15 is 0 Å². The van der Waals surface area contributed by atoms with Crippen LogP contribution in [0.1, 0.15) is 23.1 Å². The van der Waals surface area contributed by atoms with Crippen molar-refractivity contribution in [2.45, 2.75) is 26.3 Å². The first-order chi connectivity index (χ1) is 17.7. The Balaban J connectivity index is 1.99. The molecule has 8 nitrogen and oxygen atoms in total. The fraction of sp³-hybridized carbons (Fsp3) is 0.448. The first-order valence-electron chi connectivity index (χ1n) is 12.5. The highest BCUT2D eigenvalue weighted by atomic mass is 16.5. The molecule has 0 radical (unpaired) electrons. The molecule has 0 aliphatic rings. The Morgan fingerprint density at radius 2 is 1.57 bits per heavy atom. The molecule has 1 aromatic heterocycles. The lowest BCUT2D eigenvalue weighted by atomic mass is 10.1. The van der Waals surface area contributed by atoms with Crippen molar-refractivity contribution in [1.82, 2.24) is 14.8 Å². The molecule has 0 bridgehead atoms. The summed E-state index contributed by atoms with van der Waals surface area (Å²) in [6.07, 6.45) is 1.15. The molecule has 0 aliphatic heterocycles. The van der Waals surface area contributed by atoms with Gasteiger partial charge >= 0.3 is 0 Å². The predicted molar refractivity (Wildman–Crippen MR) is 149 cm³/mol. The molecule has 0 N–H and O–H groups in total. The summed E-state index contributed by atoms with van der Waals surface area (Å²) in [5, 5.41) is 0.806. The highest BCUT2D eigenvalue weighted by Crippen LogP contribution is 2.44. The van der Waals surface area contributed by atoms with Gasteiger partial charge in [0.15, 0.2) is 11.5 Å². The van der Waals surface area contributed by atoms with Crippen LogP contribution in [0.5, 0.6) is 17.2 Å². The van der Waals surface area contributed by atoms with Crippen molar-refractivity contribution in [2.75, 3.05) is 67.5 Å². The van der Waals surface area contributed by atoms with Crippen molar-refractivity contribution in [3.05, 3.63) is 53.1 Å². The SMILES string of the molecule is COc1cc2nc(N(C)C)c(CN(CCN(C)C)C(=O)CCc3ccc(C)cc3)cc2c(OC)c1OC. The van der Waals surface area contributed by atoms with Gasteiger partial charge in [0.25, 0.3) is 0 Å². The predicted octanol–water partition coefficient (Wildman–Crippen LogP) is 4.16. The molecular formula is C29H40N4O4. The lowest BCUT2D eigenvalue weighted by molar-refractivity contribution is -0.131. The quantitative estimate of drug-likeness (QED) is 0.364. The number of pyridine rings is 1. The third-order valence-electron chi connectivity index (χ3n) is 6.38. The Hall–Kier alpha value is -3.52. The second-order valence-corrected chi connectivity index (χ2v) is 9.68. The van der Waals surface area contributed by atoms with Gasteiger partial charge < -0.3 is 28.9 Å². The van der Waals surface area contributed by atoms with Crippen LogP contribution < -0.4 is 19.1 Å². The Bertz CT molecular complexity index is 1210. The number of likely N-dealkylation sites (N-methyl/N-ethyl adjacent to an activating group) is 1. The Morgan fingerprint density at radius 3 is 2.14 bits per heavy atom. The second kappa shape index (κ2) is 12.6. The summed E-state index contributed by atoms with van der Waals surface area (Å²) in [6, 6.07) is 12.3. The average Bonchev–Trinajstić information content (AvgIpc) is 2.88. The van der Waals surface area contributed by atoms with E-state index in [0.29, 0.717) is 43.2 Å². The maximum Gasteiger partial charge on any atom is 0.223 e. The zero-order valence-corrected chi connectivity index (χ0v) is 23.4. The van der Waals surface area contributed by atoms with Crippen molar-refractivity contribution in [3.8, 4) is 17.2 Å². The van der Waals surface area contributed by atoms with Gasteiger partial charge in [0.05, 0.1) is 26.8 Å². The van der Waals surface area contributed by atoms with E-state index < -0.39 is 0 Å². The van der Waals surface area contributed by atoms with Crippen LogP contribution in [0.25, 0.3) is 10.9 Å². The number of ether oxygens (including phenoxy) is 3. The number of fused-ring (bicyclic) bond motifs is 1. The van der Waals surface area contributed by atoms with E-state index in [-0.39, 0.29) is 5.91 Å². The topological polar surface area (TPSA) is 67.4 Å². The zero-order valence-electron chi connectivity index (χ0n) is 23.4. The molecule has 3 rings (SSSR count). The molecule has 37 heavy (non-hydrogen) atoms. The lowest BCUT2D eigenvalue weighted by Gasteiger charge is -2.27. The number of aromatic nitrogens is 1. The maximum absolute atomic E-state index is 13.5. The summed E-state index contributed by atoms with van der Waals surface area (Å²) in [4.78, 5) is 24.4. The molecule has 0 unspecified atom stereocenters. The van der Waals surface area contributed by atoms with Crippen LogP contribution in [-0.4, -0.2) is 83.3 Å². The normalized spacial score (nSPS) is 11.1. The number of benzene rings is 2. The third-order valence-corrected chi connectivity index (χ3v) is 6.38. The van der Waals surface area contributed by atoms with Gasteiger partial charge in [-0.25, -0.2) is 4.98 Å². The van der Waals surface area contributed by atoms with Crippen molar-refractivity contribution in [3.63, 3.8) is 0 Å². The Labute approximate surface area is 220 Å². The molecule has 0 saturated heterocycles. The van der Waals surface area contributed by atoms with Crippen LogP contribution in [0, 0.1) is 6.92 Å². The molecule has 0 saturated carbocycles. The van der Waals surface area contributed by atoms with Crippen LogP contribution in [0.15, 0.2) is 36.4 Å². The van der Waals surface area contributed by atoms with Gasteiger partial charge in [0, 0.05) is 57.2 Å². The number of hydrogen-bond acceptors (Lipinski definition) is 7. The van der Waals surface area contributed by atoms with Crippen LogP contribution >= 0.6 is 0 Å². The molecule has 200 valence electrons. The number of carbonyl (C=O) groups is 1. The summed E-state index contributed by atoms with van der Waals surface area (Å²) < 4.78 is 16.8. The standard InChI is InChI=1S/C29H40N4O4/c1-20-9-11-21(12-10-20)13-14-26(34)33(16-15-31(2)3)19-22-17-23-24(30-29(22)32(4)5)18-25(35-6)28(37-8)27(23)36-7/h9-12,17-18H,13-16,19H2,1-8H3. The number of carbonyl (C=O) groups excluding carboxylic acids is 1. The van der Waals surface area contributed by atoms with Gasteiger partial charge in [-0.2, -0.15) is 0 Å². The number of hydrogen-bond donors (Lipinski definition) is 0. The fourth-order valence-corrected chi connectivity index (χ4v) is 4.31. The molecule has 3 aromatic rings. The summed E-state index contributed by atoms with van der Waals surface area (Å²) in [6.45, 7) is 3.89. The summed E-state index contributed by atoms with van der Waals surface area (Å²) in [7, 11) is 12.7. The molecule has 1 heterocycles. The van der Waals surface area contributed by atoms with Gasteiger partial charge in [0.2, 0.25) is 11.7 Å². The molecular weight excluding hydrogens is 468 g/mol. The number of nitrogens with zero attached hydrogens (tertiary/aromatic N) is 4. The number of aryl methyl sites for hydroxylation is 2. The van der Waals surface area contributed by atoms with Crippen molar-refractivity contribution in [1.29, 1.82) is 0 Å². The number of amides is 1. The first kappa shape index (κ1) is 28.1. The van der Waals surface area contributed by atoms with Gasteiger partial charge in [-0.15, -0.1) is 0 Å². The number of anilines is 1. The third kappa shape index (κ3) is 6.83. The van der Waals surface area contributed by atoms with Crippen LogP contribution in [0.3, 0.4) is 0 Å². The van der Waals surface area contributed by atoms with E-state index in [9.17, 15) is 4.79 Å². The number of rotatable bonds is 12. The smallest absolute Gasteiger partial charge is 0.223 e. The average molecular weight is 509 g/mol. The van der Waals surface area contributed by atoms with Crippen molar-refractivity contribution < 1.29 is 19.0 Å². The molecule has 0 fully saturated rings. The monoisotopic (exact) mass is 508 g/mol. The number of methoxy groups -OCH3 is 3. The summed E-state index contributed by atoms with van der Waals surface area (Å²) in [5.74, 6) is 2.54. The van der Waals surface area contributed by atoms with Crippen LogP contribution in [0.2, 0.25) is 0 Å². The lowest BCUT2D eigenvalue weighted by Crippen LogP contribution is -2.36. The molecule has 0 aliphatic carbocycles. The van der Waals surface area contributed by atoms with Crippen LogP contribution in [-0.2, 0) is 17.8 Å². The van der Waals surface area contributed by atoms with E-state index in [1.165, 1.54) is 11.1 Å². The summed E-state index contributed by atoms with van der Waals surface area (Å²) in [5.41, 5.74) is 4.05. The maximum atomic E-state index is 13.5. The highest BCUT2D eigenvalue weighted by Gasteiger charge is 2.22. The minimum Gasteiger partial charge on any atom is -0.493 e. The van der Waals surface area contributed by atoms with Gasteiger partial charge in [-0.05, 0) is 39.1 Å². The Morgan fingerprint density at radius 1 is 0.892 bits per heavy atom. The van der Waals surface area contributed by atoms with E-state index in [0.717, 1.165) is 28.8 Å². The van der Waals surface area contributed by atoms with Crippen LogP contribution in [0.4, 0.5) is 5.82 Å². The first-order valence-corrected chi connectivity index (χ1v) is 12.5. The largest absolute Gasteiger partial charge is 0.493 e. The van der Waals surface area contributed by atoms with Gasteiger partial charge in [-0.3, -0.25) is 4.79 Å². The van der Waals surface area contributed by atoms with E-state index in [1.807, 2.05) is 50.1 Å². The van der Waals surface area contributed by atoms with Gasteiger partial charge in [0.1, 0.15) is 5.82 Å². The Kier molecular flexibility index (Phi) is 9.58. The second-order valence-electron chi connectivity index (χ2n) is 9.68. The molecule has 0 spiro atoms.